The Morgan fingerprint density at radius 2 is 1.74 bits per heavy atom. The van der Waals surface area contributed by atoms with Gasteiger partial charge in [0, 0.05) is 26.5 Å². The highest BCUT2D eigenvalue weighted by Gasteiger charge is 2.35. The Labute approximate surface area is 265 Å². The van der Waals surface area contributed by atoms with E-state index in [1.54, 1.807) is 29.3 Å². The number of aromatic nitrogens is 1. The van der Waals surface area contributed by atoms with Gasteiger partial charge >= 0.3 is 5.97 Å². The second kappa shape index (κ2) is 12.9. The van der Waals surface area contributed by atoms with Crippen molar-refractivity contribution in [1.29, 1.82) is 0 Å². The first-order valence-electron chi connectivity index (χ1n) is 13.4. The highest BCUT2D eigenvalue weighted by atomic mass is 35.5. The molecule has 3 aromatic carbocycles. The summed E-state index contributed by atoms with van der Waals surface area (Å²) < 4.78 is 13.6. The van der Waals surface area contributed by atoms with Crippen molar-refractivity contribution >= 4 is 64.2 Å². The van der Waals surface area contributed by atoms with Crippen molar-refractivity contribution in [2.24, 2.45) is 4.99 Å². The summed E-state index contributed by atoms with van der Waals surface area (Å²) in [6.45, 7) is 1.96. The fourth-order valence-electron chi connectivity index (χ4n) is 4.76. The van der Waals surface area contributed by atoms with Crippen LogP contribution in [0.2, 0.25) is 5.02 Å². The number of esters is 1. The molecular weight excluding hydrogens is 620 g/mol. The number of benzene rings is 3. The van der Waals surface area contributed by atoms with E-state index in [4.69, 9.17) is 25.7 Å². The number of furan rings is 1. The number of fused-ring (bicyclic) bond motifs is 1. The maximum Gasteiger partial charge on any atom is 0.338 e. The van der Waals surface area contributed by atoms with Crippen LogP contribution in [0.5, 0.6) is 0 Å². The van der Waals surface area contributed by atoms with Crippen LogP contribution in [-0.4, -0.2) is 23.4 Å². The fourth-order valence-corrected chi connectivity index (χ4v) is 7.05. The van der Waals surface area contributed by atoms with Crippen LogP contribution in [0.4, 0.5) is 0 Å². The van der Waals surface area contributed by atoms with Crippen LogP contribution < -0.4 is 14.9 Å². The van der Waals surface area contributed by atoms with Gasteiger partial charge in [0.15, 0.2) is 9.89 Å². The Bertz CT molecular complexity index is 1990. The molecule has 6 nitrogen and oxygen atoms in total. The van der Waals surface area contributed by atoms with Crippen molar-refractivity contribution in [1.82, 2.24) is 4.57 Å². The molecule has 3 heterocycles. The molecule has 2 aromatic heterocycles. The number of hydrogen-bond donors (Lipinski definition) is 0. The Morgan fingerprint density at radius 1 is 1.02 bits per heavy atom. The van der Waals surface area contributed by atoms with E-state index in [-0.39, 0.29) is 12.2 Å². The SMILES string of the molecule is CCOC(=O)C1=C(c2ccccc2)N=c2s/c(=C/c3ccc(Sc4ccc(Cl)cc4)o3)c(=O)n2[C@@H]1c1ccc(SC)cc1. The summed E-state index contributed by atoms with van der Waals surface area (Å²) in [5, 5.41) is 1.35. The van der Waals surface area contributed by atoms with Gasteiger partial charge in [-0.05, 0) is 67.3 Å². The Hall–Kier alpha value is -3.76. The summed E-state index contributed by atoms with van der Waals surface area (Å²) in [4.78, 5) is 35.1. The largest absolute Gasteiger partial charge is 0.463 e. The molecule has 0 N–H and O–H groups in total. The van der Waals surface area contributed by atoms with Crippen molar-refractivity contribution < 1.29 is 13.9 Å². The molecule has 0 bridgehead atoms. The van der Waals surface area contributed by atoms with Crippen molar-refractivity contribution in [2.45, 2.75) is 27.8 Å². The normalized spacial score (nSPS) is 14.9. The molecule has 0 aliphatic carbocycles. The number of carbonyl (C=O) groups excluding carboxylic acids is 1. The van der Waals surface area contributed by atoms with Crippen LogP contribution >= 0.6 is 46.5 Å². The van der Waals surface area contributed by atoms with Crippen molar-refractivity contribution in [3.63, 3.8) is 0 Å². The molecule has 10 heteroatoms. The molecule has 0 spiro atoms. The van der Waals surface area contributed by atoms with Crippen LogP contribution in [0.15, 0.2) is 126 Å². The summed E-state index contributed by atoms with van der Waals surface area (Å²) in [5.74, 6) is 0.0312. The number of thioether (sulfide) groups is 1. The van der Waals surface area contributed by atoms with Gasteiger partial charge in [0.25, 0.3) is 5.56 Å². The third-order valence-corrected chi connectivity index (χ3v) is 9.62. The standard InChI is InChI=1S/C33H25ClN2O4S3/c1-3-39-32(38)28-29(20-7-5-4-6-8-20)35-33-36(30(28)21-9-14-24(41-2)15-10-21)31(37)26(43-33)19-23-13-18-27(40-23)42-25-16-11-22(34)12-17-25/h4-19,30H,3H2,1-2H3/b26-19+/t30-/m1/s1. The van der Waals surface area contributed by atoms with Gasteiger partial charge in [-0.3, -0.25) is 9.36 Å². The highest BCUT2D eigenvalue weighted by molar-refractivity contribution is 7.99. The van der Waals surface area contributed by atoms with Crippen LogP contribution in [0, 0.1) is 0 Å². The first-order chi connectivity index (χ1) is 20.9. The lowest BCUT2D eigenvalue weighted by Gasteiger charge is -2.26. The summed E-state index contributed by atoms with van der Waals surface area (Å²) >= 11 is 10.4. The quantitative estimate of drug-likeness (QED) is 0.133. The third kappa shape index (κ3) is 6.17. The average molecular weight is 645 g/mol. The topological polar surface area (TPSA) is 73.8 Å². The van der Waals surface area contributed by atoms with Crippen LogP contribution in [0.1, 0.15) is 29.9 Å². The lowest BCUT2D eigenvalue weighted by molar-refractivity contribution is -0.138. The van der Waals surface area contributed by atoms with Crippen molar-refractivity contribution in [2.75, 3.05) is 12.9 Å². The molecule has 1 aliphatic heterocycles. The van der Waals surface area contributed by atoms with Gasteiger partial charge < -0.3 is 9.15 Å². The molecule has 0 radical (unpaired) electrons. The average Bonchev–Trinajstić information content (AvgIpc) is 3.60. The lowest BCUT2D eigenvalue weighted by Crippen LogP contribution is -2.40. The first-order valence-corrected chi connectivity index (χ1v) is 16.6. The zero-order valence-corrected chi connectivity index (χ0v) is 26.4. The Balaban J connectivity index is 1.50. The van der Waals surface area contributed by atoms with Crippen molar-refractivity contribution in [3.8, 4) is 0 Å². The second-order valence-corrected chi connectivity index (χ2v) is 12.8. The predicted octanol–water partition coefficient (Wildman–Crippen LogP) is 7.06. The second-order valence-electron chi connectivity index (χ2n) is 9.42. The number of nitrogens with zero attached hydrogens (tertiary/aromatic N) is 2. The first kappa shape index (κ1) is 29.3. The number of carbonyl (C=O) groups is 1. The molecule has 1 atom stereocenters. The molecule has 0 amide bonds. The summed E-state index contributed by atoms with van der Waals surface area (Å²) in [6, 6.07) is 27.9. The van der Waals surface area contributed by atoms with E-state index in [0.29, 0.717) is 36.5 Å². The number of rotatable bonds is 8. The van der Waals surface area contributed by atoms with Gasteiger partial charge in [0.05, 0.1) is 28.5 Å². The minimum absolute atomic E-state index is 0.196. The van der Waals surface area contributed by atoms with Gasteiger partial charge in [-0.15, -0.1) is 11.8 Å². The minimum Gasteiger partial charge on any atom is -0.463 e. The zero-order chi connectivity index (χ0) is 29.9. The molecular formula is C33H25ClN2O4S3. The monoisotopic (exact) mass is 644 g/mol. The van der Waals surface area contributed by atoms with Gasteiger partial charge in [-0.25, -0.2) is 9.79 Å². The third-order valence-electron chi connectivity index (χ3n) is 6.71. The predicted molar refractivity (Wildman–Crippen MR) is 174 cm³/mol. The highest BCUT2D eigenvalue weighted by Crippen LogP contribution is 2.36. The van der Waals surface area contributed by atoms with Gasteiger partial charge in [-0.1, -0.05) is 77.2 Å². The maximum atomic E-state index is 14.1. The van der Waals surface area contributed by atoms with Crippen LogP contribution in [-0.2, 0) is 9.53 Å². The molecule has 5 aromatic rings. The summed E-state index contributed by atoms with van der Waals surface area (Å²) in [7, 11) is 0. The number of ether oxygens (including phenoxy) is 1. The molecule has 43 heavy (non-hydrogen) atoms. The van der Waals surface area contributed by atoms with Crippen LogP contribution in [0.3, 0.4) is 0 Å². The minimum atomic E-state index is -0.726. The molecule has 0 saturated carbocycles. The summed E-state index contributed by atoms with van der Waals surface area (Å²) in [5.41, 5.74) is 2.11. The molecule has 216 valence electrons. The Morgan fingerprint density at radius 3 is 2.44 bits per heavy atom. The maximum absolute atomic E-state index is 14.1. The number of halogens is 1. The van der Waals surface area contributed by atoms with E-state index in [0.717, 1.165) is 20.9 Å². The molecule has 1 aliphatic rings. The van der Waals surface area contributed by atoms with E-state index in [1.807, 2.05) is 97.3 Å². The van der Waals surface area contributed by atoms with Gasteiger partial charge in [0.1, 0.15) is 5.76 Å². The lowest BCUT2D eigenvalue weighted by atomic mass is 9.93. The number of hydrogen-bond acceptors (Lipinski definition) is 8. The van der Waals surface area contributed by atoms with Gasteiger partial charge in [0.2, 0.25) is 0 Å². The van der Waals surface area contributed by atoms with Gasteiger partial charge in [-0.2, -0.15) is 0 Å². The molecule has 6 rings (SSSR count). The Kier molecular flexibility index (Phi) is 8.76. The van der Waals surface area contributed by atoms with E-state index in [1.165, 1.54) is 23.1 Å². The molecule has 0 saturated heterocycles. The summed E-state index contributed by atoms with van der Waals surface area (Å²) in [6.07, 6.45) is 3.73. The van der Waals surface area contributed by atoms with E-state index >= 15 is 0 Å². The fraction of sp³-hybridized carbons (Fsp3) is 0.121. The number of thiazole rings is 1. The molecule has 0 fully saturated rings. The van der Waals surface area contributed by atoms with E-state index in [9.17, 15) is 9.59 Å². The molecule has 0 unspecified atom stereocenters. The van der Waals surface area contributed by atoms with Crippen molar-refractivity contribution in [3.05, 3.63) is 138 Å². The van der Waals surface area contributed by atoms with E-state index < -0.39 is 12.0 Å². The smallest absolute Gasteiger partial charge is 0.338 e. The van der Waals surface area contributed by atoms with E-state index in [2.05, 4.69) is 0 Å². The zero-order valence-electron chi connectivity index (χ0n) is 23.2. The van der Waals surface area contributed by atoms with Crippen LogP contribution in [0.25, 0.3) is 11.8 Å².